The van der Waals surface area contributed by atoms with E-state index in [2.05, 4.69) is 10.3 Å². The van der Waals surface area contributed by atoms with Crippen molar-refractivity contribution in [3.05, 3.63) is 58.9 Å². The Morgan fingerprint density at radius 3 is 2.74 bits per heavy atom. The summed E-state index contributed by atoms with van der Waals surface area (Å²) >= 11 is 0. The average Bonchev–Trinajstić information content (AvgIpc) is 3.27. The largest absolute Gasteiger partial charge is 0.465 e. The number of ether oxygens (including phenoxy) is 1. The van der Waals surface area contributed by atoms with E-state index in [1.807, 2.05) is 53.6 Å². The van der Waals surface area contributed by atoms with Crippen LogP contribution in [0.15, 0.2) is 34.9 Å². The number of carbonyl (C=O) groups excluding carboxylic acids is 1. The lowest BCUT2D eigenvalue weighted by Gasteiger charge is -2.26. The molecule has 1 aliphatic heterocycles. The molecule has 0 atom stereocenters. The molecule has 0 unspecified atom stereocenters. The first kappa shape index (κ1) is 17.8. The number of furan rings is 1. The maximum absolute atomic E-state index is 13.1. The molecule has 7 heteroatoms. The molecule has 4 heterocycles. The summed E-state index contributed by atoms with van der Waals surface area (Å²) in [7, 11) is 0. The first-order valence-electron chi connectivity index (χ1n) is 9.23. The lowest BCUT2D eigenvalue weighted by atomic mass is 10.2. The molecule has 0 bridgehead atoms. The van der Waals surface area contributed by atoms with Crippen molar-refractivity contribution in [2.75, 3.05) is 26.3 Å². The van der Waals surface area contributed by atoms with E-state index < -0.39 is 0 Å². The van der Waals surface area contributed by atoms with E-state index in [4.69, 9.17) is 9.15 Å². The van der Waals surface area contributed by atoms with E-state index in [-0.39, 0.29) is 5.91 Å². The molecule has 0 radical (unpaired) electrons. The molecular weight excluding hydrogens is 344 g/mol. The van der Waals surface area contributed by atoms with Crippen molar-refractivity contribution in [3.63, 3.8) is 0 Å². The molecule has 0 aromatic carbocycles. The summed E-state index contributed by atoms with van der Waals surface area (Å²) in [5, 5.41) is 3.38. The molecule has 3 aromatic rings. The Balaban J connectivity index is 1.62. The molecule has 1 fully saturated rings. The van der Waals surface area contributed by atoms with E-state index in [0.29, 0.717) is 45.1 Å². The molecule has 1 N–H and O–H groups in total. The van der Waals surface area contributed by atoms with Gasteiger partial charge in [-0.15, -0.1) is 0 Å². The number of amides is 1. The number of morpholine rings is 1. The number of imidazole rings is 1. The topological polar surface area (TPSA) is 72.0 Å². The summed E-state index contributed by atoms with van der Waals surface area (Å²) in [4.78, 5) is 19.6. The first-order valence-corrected chi connectivity index (χ1v) is 9.23. The number of nitrogens with one attached hydrogen (secondary N) is 1. The normalized spacial score (nSPS) is 14.8. The fourth-order valence-corrected chi connectivity index (χ4v) is 3.39. The zero-order valence-electron chi connectivity index (χ0n) is 15.7. The number of nitrogens with zero attached hydrogens (tertiary/aromatic N) is 3. The van der Waals surface area contributed by atoms with Gasteiger partial charge in [0, 0.05) is 25.8 Å². The number of rotatable bonds is 5. The quantitative estimate of drug-likeness (QED) is 0.748. The first-order chi connectivity index (χ1) is 13.1. The molecule has 27 heavy (non-hydrogen) atoms. The van der Waals surface area contributed by atoms with Crippen LogP contribution in [-0.2, 0) is 17.8 Å². The van der Waals surface area contributed by atoms with Crippen LogP contribution < -0.4 is 5.32 Å². The molecule has 142 valence electrons. The molecule has 3 aromatic heterocycles. The summed E-state index contributed by atoms with van der Waals surface area (Å²) in [6, 6.07) is 7.89. The Hall–Kier alpha value is -2.64. The second kappa shape index (κ2) is 7.54. The lowest BCUT2D eigenvalue weighted by Crippen LogP contribution is -2.41. The fourth-order valence-electron chi connectivity index (χ4n) is 3.39. The number of pyridine rings is 1. The molecule has 1 aliphatic rings. The highest BCUT2D eigenvalue weighted by Crippen LogP contribution is 2.18. The summed E-state index contributed by atoms with van der Waals surface area (Å²) in [6.07, 6.45) is 1.96. The second-order valence-corrected chi connectivity index (χ2v) is 6.81. The minimum Gasteiger partial charge on any atom is -0.465 e. The van der Waals surface area contributed by atoms with Crippen LogP contribution in [0.3, 0.4) is 0 Å². The van der Waals surface area contributed by atoms with Gasteiger partial charge < -0.3 is 23.8 Å². The number of aromatic nitrogens is 2. The van der Waals surface area contributed by atoms with Crippen molar-refractivity contribution in [1.82, 2.24) is 19.6 Å². The molecule has 1 saturated heterocycles. The van der Waals surface area contributed by atoms with Crippen molar-refractivity contribution in [2.45, 2.75) is 26.9 Å². The van der Waals surface area contributed by atoms with Crippen LogP contribution in [0, 0.1) is 13.8 Å². The predicted octanol–water partition coefficient (Wildman–Crippen LogP) is 2.31. The smallest absolute Gasteiger partial charge is 0.274 e. The highest BCUT2D eigenvalue weighted by Gasteiger charge is 2.25. The highest BCUT2D eigenvalue weighted by atomic mass is 16.5. The minimum atomic E-state index is -0.0351. The van der Waals surface area contributed by atoms with Gasteiger partial charge in [-0.1, -0.05) is 6.07 Å². The Labute approximate surface area is 157 Å². The van der Waals surface area contributed by atoms with Gasteiger partial charge in [-0.3, -0.25) is 4.79 Å². The standard InChI is InChI=1S/C20H24N4O3/c1-14-4-3-7-24-17(13-21-12-16-6-5-15(2)27-16)18(22-19(14)24)20(25)23-8-10-26-11-9-23/h3-7,21H,8-13H2,1-2H3. The van der Waals surface area contributed by atoms with Gasteiger partial charge in [-0.25, -0.2) is 4.98 Å². The number of aryl methyl sites for hydroxylation is 2. The van der Waals surface area contributed by atoms with Crippen LogP contribution >= 0.6 is 0 Å². The van der Waals surface area contributed by atoms with Gasteiger partial charge in [0.25, 0.3) is 5.91 Å². The van der Waals surface area contributed by atoms with Gasteiger partial charge in [-0.2, -0.15) is 0 Å². The van der Waals surface area contributed by atoms with Crippen molar-refractivity contribution in [1.29, 1.82) is 0 Å². The van der Waals surface area contributed by atoms with Gasteiger partial charge in [-0.05, 0) is 37.6 Å². The van der Waals surface area contributed by atoms with E-state index in [0.717, 1.165) is 28.4 Å². The third-order valence-corrected chi connectivity index (χ3v) is 4.83. The monoisotopic (exact) mass is 368 g/mol. The Morgan fingerprint density at radius 2 is 2.00 bits per heavy atom. The van der Waals surface area contributed by atoms with Gasteiger partial charge in [0.2, 0.25) is 0 Å². The summed E-state index contributed by atoms with van der Waals surface area (Å²) in [6.45, 7) is 7.40. The van der Waals surface area contributed by atoms with Gasteiger partial charge in [0.05, 0.1) is 25.5 Å². The zero-order valence-corrected chi connectivity index (χ0v) is 15.7. The Kier molecular flexibility index (Phi) is 4.96. The van der Waals surface area contributed by atoms with Crippen LogP contribution in [-0.4, -0.2) is 46.5 Å². The van der Waals surface area contributed by atoms with Crippen molar-refractivity contribution >= 4 is 11.6 Å². The minimum absolute atomic E-state index is 0.0351. The third-order valence-electron chi connectivity index (χ3n) is 4.83. The van der Waals surface area contributed by atoms with Crippen LogP contribution in [0.4, 0.5) is 0 Å². The van der Waals surface area contributed by atoms with E-state index >= 15 is 0 Å². The third kappa shape index (κ3) is 3.61. The summed E-state index contributed by atoms with van der Waals surface area (Å²) in [5.74, 6) is 1.73. The molecular formula is C20H24N4O3. The number of hydrogen-bond donors (Lipinski definition) is 1. The predicted molar refractivity (Wildman–Crippen MR) is 101 cm³/mol. The van der Waals surface area contributed by atoms with Gasteiger partial charge >= 0.3 is 0 Å². The summed E-state index contributed by atoms with van der Waals surface area (Å²) < 4.78 is 13.0. The lowest BCUT2D eigenvalue weighted by molar-refractivity contribution is 0.0298. The van der Waals surface area contributed by atoms with Gasteiger partial charge in [0.1, 0.15) is 17.2 Å². The maximum atomic E-state index is 13.1. The number of carbonyl (C=O) groups is 1. The van der Waals surface area contributed by atoms with Crippen LogP contribution in [0.2, 0.25) is 0 Å². The average molecular weight is 368 g/mol. The van der Waals surface area contributed by atoms with Crippen molar-refractivity contribution < 1.29 is 13.9 Å². The second-order valence-electron chi connectivity index (χ2n) is 6.81. The SMILES string of the molecule is Cc1ccc(CNCc2c(C(=O)N3CCOCC3)nc3c(C)cccn23)o1. The maximum Gasteiger partial charge on any atom is 0.274 e. The Bertz CT molecular complexity index is 953. The molecule has 4 rings (SSSR count). The molecule has 0 spiro atoms. The Morgan fingerprint density at radius 1 is 1.19 bits per heavy atom. The van der Waals surface area contributed by atoms with Crippen LogP contribution in [0.5, 0.6) is 0 Å². The van der Waals surface area contributed by atoms with Crippen molar-refractivity contribution in [2.24, 2.45) is 0 Å². The number of hydrogen-bond acceptors (Lipinski definition) is 5. The highest BCUT2D eigenvalue weighted by molar-refractivity contribution is 5.94. The van der Waals surface area contributed by atoms with Gasteiger partial charge in [0.15, 0.2) is 5.69 Å². The van der Waals surface area contributed by atoms with E-state index in [1.165, 1.54) is 0 Å². The van der Waals surface area contributed by atoms with E-state index in [1.54, 1.807) is 0 Å². The zero-order chi connectivity index (χ0) is 18.8. The fraction of sp³-hybridized carbons (Fsp3) is 0.400. The number of fused-ring (bicyclic) bond motifs is 1. The van der Waals surface area contributed by atoms with Crippen molar-refractivity contribution in [3.8, 4) is 0 Å². The molecule has 7 nitrogen and oxygen atoms in total. The van der Waals surface area contributed by atoms with Crippen LogP contribution in [0.25, 0.3) is 5.65 Å². The molecule has 0 aliphatic carbocycles. The molecule has 0 saturated carbocycles. The van der Waals surface area contributed by atoms with E-state index in [9.17, 15) is 4.79 Å². The van der Waals surface area contributed by atoms with Crippen LogP contribution in [0.1, 0.15) is 33.3 Å². The molecule has 1 amide bonds. The summed E-state index contributed by atoms with van der Waals surface area (Å²) in [5.41, 5.74) is 3.24.